The minimum atomic E-state index is -0.617. The summed E-state index contributed by atoms with van der Waals surface area (Å²) in [7, 11) is 0. The fourth-order valence-electron chi connectivity index (χ4n) is 4.10. The number of hydrogen-bond acceptors (Lipinski definition) is 5. The Labute approximate surface area is 203 Å². The average molecular weight is 469 g/mol. The molecular formula is C27H24N4O2S. The van der Waals surface area contributed by atoms with Crippen molar-refractivity contribution in [2.45, 2.75) is 19.5 Å². The molecule has 0 N–H and O–H groups in total. The molecule has 1 atom stereocenters. The summed E-state index contributed by atoms with van der Waals surface area (Å²) in [6.07, 6.45) is 0. The largest absolute Gasteiger partial charge is 0.338 e. The quantitative estimate of drug-likeness (QED) is 0.522. The molecule has 170 valence electrons. The van der Waals surface area contributed by atoms with Crippen molar-refractivity contribution in [3.63, 3.8) is 0 Å². The van der Waals surface area contributed by atoms with Crippen molar-refractivity contribution in [2.75, 3.05) is 12.3 Å². The zero-order chi connectivity index (χ0) is 23.5. The van der Waals surface area contributed by atoms with Crippen LogP contribution in [0.15, 0.2) is 94.9 Å². The summed E-state index contributed by atoms with van der Waals surface area (Å²) in [5.41, 5.74) is 3.50. The summed E-state index contributed by atoms with van der Waals surface area (Å²) >= 11 is 1.28. The summed E-state index contributed by atoms with van der Waals surface area (Å²) < 4.78 is 0. The lowest BCUT2D eigenvalue weighted by Crippen LogP contribution is -2.40. The number of amides is 2. The van der Waals surface area contributed by atoms with Crippen molar-refractivity contribution in [3.05, 3.63) is 102 Å². The van der Waals surface area contributed by atoms with Gasteiger partial charge >= 0.3 is 0 Å². The van der Waals surface area contributed by atoms with Gasteiger partial charge < -0.3 is 4.90 Å². The molecule has 5 rings (SSSR count). The van der Waals surface area contributed by atoms with Gasteiger partial charge in [0.05, 0.1) is 11.4 Å². The number of para-hydroxylation sites is 1. The van der Waals surface area contributed by atoms with Crippen LogP contribution in [0.2, 0.25) is 0 Å². The van der Waals surface area contributed by atoms with Crippen LogP contribution in [-0.4, -0.2) is 44.9 Å². The summed E-state index contributed by atoms with van der Waals surface area (Å²) in [6, 6.07) is 26.5. The Bertz CT molecular complexity index is 1270. The van der Waals surface area contributed by atoms with Crippen molar-refractivity contribution in [2.24, 2.45) is 9.98 Å². The minimum absolute atomic E-state index is 0.00246. The Balaban J connectivity index is 1.39. The molecule has 0 aromatic heterocycles. The second-order valence-corrected chi connectivity index (χ2v) is 8.98. The number of amidine groups is 2. The predicted octanol–water partition coefficient (Wildman–Crippen LogP) is 4.80. The van der Waals surface area contributed by atoms with Gasteiger partial charge in [-0.25, -0.2) is 14.9 Å². The number of aliphatic imine (C=N–C) groups is 2. The molecule has 0 fully saturated rings. The summed E-state index contributed by atoms with van der Waals surface area (Å²) in [5.74, 6) is 0.638. The van der Waals surface area contributed by atoms with Gasteiger partial charge in [0, 0.05) is 18.7 Å². The number of hydrogen-bond donors (Lipinski definition) is 0. The molecule has 0 radical (unpaired) electrons. The first kappa shape index (κ1) is 22.1. The Morgan fingerprint density at radius 3 is 2.38 bits per heavy atom. The van der Waals surface area contributed by atoms with Crippen LogP contribution in [0.1, 0.15) is 29.7 Å². The number of nitrogens with zero attached hydrogens (tertiary/aromatic N) is 4. The third-order valence-corrected chi connectivity index (χ3v) is 6.78. The van der Waals surface area contributed by atoms with Gasteiger partial charge in [0.2, 0.25) is 5.91 Å². The molecule has 0 aliphatic carbocycles. The molecule has 0 saturated heterocycles. The third-order valence-electron chi connectivity index (χ3n) is 5.86. The standard InChI is InChI=1S/C27H24N4O2S/c1-2-30(17-19-11-5-3-6-12-19)23(32)18-34-27-28-22-16-10-9-15-21(22)25-29-24(26(33)31(25)27)20-13-7-4-8-14-20/h3-16,24H,2,17-18H2,1H3. The lowest BCUT2D eigenvalue weighted by Gasteiger charge is -2.26. The van der Waals surface area contributed by atoms with E-state index in [2.05, 4.69) is 0 Å². The van der Waals surface area contributed by atoms with Crippen LogP contribution in [0.5, 0.6) is 0 Å². The van der Waals surface area contributed by atoms with E-state index in [-0.39, 0.29) is 17.6 Å². The van der Waals surface area contributed by atoms with Crippen molar-refractivity contribution in [3.8, 4) is 0 Å². The van der Waals surface area contributed by atoms with Crippen molar-refractivity contribution in [1.82, 2.24) is 9.80 Å². The normalized spacial score (nSPS) is 16.4. The highest BCUT2D eigenvalue weighted by molar-refractivity contribution is 8.14. The molecule has 0 saturated carbocycles. The smallest absolute Gasteiger partial charge is 0.263 e. The summed E-state index contributed by atoms with van der Waals surface area (Å²) in [4.78, 5) is 39.4. The van der Waals surface area contributed by atoms with Crippen molar-refractivity contribution < 1.29 is 9.59 Å². The number of carbonyl (C=O) groups is 2. The first-order chi connectivity index (χ1) is 16.7. The van der Waals surface area contributed by atoms with E-state index in [4.69, 9.17) is 9.98 Å². The average Bonchev–Trinajstić information content (AvgIpc) is 3.24. The summed E-state index contributed by atoms with van der Waals surface area (Å²) in [5, 5.41) is 0.491. The fourth-order valence-corrected chi connectivity index (χ4v) is 5.00. The van der Waals surface area contributed by atoms with E-state index in [9.17, 15) is 9.59 Å². The maximum absolute atomic E-state index is 13.5. The van der Waals surface area contributed by atoms with E-state index in [0.717, 1.165) is 22.4 Å². The van der Waals surface area contributed by atoms with Crippen LogP contribution in [0, 0.1) is 0 Å². The molecule has 2 heterocycles. The number of thioether (sulfide) groups is 1. The van der Waals surface area contributed by atoms with E-state index in [0.29, 0.717) is 24.1 Å². The Hall–Kier alpha value is -3.71. The fraction of sp³-hybridized carbons (Fsp3) is 0.185. The van der Waals surface area contributed by atoms with Gasteiger partial charge in [-0.15, -0.1) is 0 Å². The van der Waals surface area contributed by atoms with Crippen LogP contribution < -0.4 is 0 Å². The molecule has 7 heteroatoms. The highest BCUT2D eigenvalue weighted by Gasteiger charge is 2.42. The molecule has 0 spiro atoms. The Morgan fingerprint density at radius 2 is 1.65 bits per heavy atom. The zero-order valence-electron chi connectivity index (χ0n) is 18.8. The van der Waals surface area contributed by atoms with Crippen molar-refractivity contribution >= 4 is 40.3 Å². The van der Waals surface area contributed by atoms with Gasteiger partial charge in [0.15, 0.2) is 11.2 Å². The maximum Gasteiger partial charge on any atom is 0.263 e. The predicted molar refractivity (Wildman–Crippen MR) is 136 cm³/mol. The van der Waals surface area contributed by atoms with Crippen LogP contribution in [0.3, 0.4) is 0 Å². The first-order valence-corrected chi connectivity index (χ1v) is 12.2. The van der Waals surface area contributed by atoms with Crippen LogP contribution in [0.4, 0.5) is 5.69 Å². The van der Waals surface area contributed by atoms with E-state index < -0.39 is 6.04 Å². The number of fused-ring (bicyclic) bond motifs is 3. The van der Waals surface area contributed by atoms with Crippen LogP contribution in [0.25, 0.3) is 0 Å². The molecular weight excluding hydrogens is 444 g/mol. The summed E-state index contributed by atoms with van der Waals surface area (Å²) in [6.45, 7) is 3.13. The van der Waals surface area contributed by atoms with Crippen molar-refractivity contribution in [1.29, 1.82) is 0 Å². The lowest BCUT2D eigenvalue weighted by molar-refractivity contribution is -0.128. The molecule has 3 aromatic carbocycles. The van der Waals surface area contributed by atoms with Gasteiger partial charge in [0.1, 0.15) is 5.84 Å². The van der Waals surface area contributed by atoms with Crippen LogP contribution in [-0.2, 0) is 16.1 Å². The molecule has 0 bridgehead atoms. The second kappa shape index (κ2) is 9.65. The molecule has 34 heavy (non-hydrogen) atoms. The first-order valence-electron chi connectivity index (χ1n) is 11.2. The van der Waals surface area contributed by atoms with E-state index in [1.807, 2.05) is 96.8 Å². The van der Waals surface area contributed by atoms with Gasteiger partial charge in [-0.2, -0.15) is 0 Å². The molecule has 2 aliphatic rings. The van der Waals surface area contributed by atoms with E-state index in [1.165, 1.54) is 11.8 Å². The van der Waals surface area contributed by atoms with Gasteiger partial charge in [-0.3, -0.25) is 9.59 Å². The third kappa shape index (κ3) is 4.26. The minimum Gasteiger partial charge on any atom is -0.338 e. The van der Waals surface area contributed by atoms with Gasteiger partial charge in [0.25, 0.3) is 5.91 Å². The Morgan fingerprint density at radius 1 is 0.971 bits per heavy atom. The topological polar surface area (TPSA) is 65.3 Å². The number of carbonyl (C=O) groups excluding carboxylic acids is 2. The molecule has 2 amide bonds. The molecule has 6 nitrogen and oxygen atoms in total. The highest BCUT2D eigenvalue weighted by Crippen LogP contribution is 2.37. The molecule has 3 aromatic rings. The van der Waals surface area contributed by atoms with Crippen LogP contribution >= 0.6 is 11.8 Å². The van der Waals surface area contributed by atoms with E-state index in [1.54, 1.807) is 4.90 Å². The second-order valence-electron chi connectivity index (χ2n) is 8.03. The molecule has 1 unspecified atom stereocenters. The molecule has 2 aliphatic heterocycles. The van der Waals surface area contributed by atoms with Gasteiger partial charge in [-0.05, 0) is 30.2 Å². The number of benzene rings is 3. The SMILES string of the molecule is CCN(Cc1ccccc1)C(=O)CSC1=Nc2ccccc2C2=NC(c3ccccc3)C(=O)N12. The zero-order valence-corrected chi connectivity index (χ0v) is 19.6. The van der Waals surface area contributed by atoms with E-state index >= 15 is 0 Å². The monoisotopic (exact) mass is 468 g/mol. The number of rotatable bonds is 6. The lowest BCUT2D eigenvalue weighted by atomic mass is 10.1. The highest BCUT2D eigenvalue weighted by atomic mass is 32.2. The van der Waals surface area contributed by atoms with Gasteiger partial charge in [-0.1, -0.05) is 84.6 Å². The maximum atomic E-state index is 13.5. The Kier molecular flexibility index (Phi) is 6.27.